The van der Waals surface area contributed by atoms with E-state index in [1.54, 1.807) is 0 Å². The van der Waals surface area contributed by atoms with Crippen LogP contribution in [0.15, 0.2) is 18.2 Å². The van der Waals surface area contributed by atoms with Gasteiger partial charge < -0.3 is 0 Å². The zero-order valence-electron chi connectivity index (χ0n) is 11.3. The van der Waals surface area contributed by atoms with Crippen molar-refractivity contribution in [1.29, 1.82) is 0 Å². The number of benzene rings is 1. The Balaban J connectivity index is 2.34. The Kier molecular flexibility index (Phi) is 4.31. The smallest absolute Gasteiger partial charge is 0.0516 e. The molecule has 0 aromatic heterocycles. The maximum Gasteiger partial charge on any atom is 0.0516 e. The van der Waals surface area contributed by atoms with Gasteiger partial charge in [0.25, 0.3) is 0 Å². The number of rotatable bonds is 4. The van der Waals surface area contributed by atoms with Gasteiger partial charge >= 0.3 is 0 Å². The molecule has 0 heterocycles. The van der Waals surface area contributed by atoms with Gasteiger partial charge in [0.05, 0.1) is 6.04 Å². The zero-order valence-corrected chi connectivity index (χ0v) is 12.1. The maximum absolute atomic E-state index is 6.24. The van der Waals surface area contributed by atoms with E-state index in [2.05, 4.69) is 30.5 Å². The number of halogens is 1. The van der Waals surface area contributed by atoms with Gasteiger partial charge in [0.1, 0.15) is 0 Å². The Bertz CT molecular complexity index is 411. The third kappa shape index (κ3) is 2.42. The van der Waals surface area contributed by atoms with Gasteiger partial charge in [0.2, 0.25) is 0 Å². The molecule has 1 unspecified atom stereocenters. The monoisotopic (exact) mass is 266 g/mol. The van der Waals surface area contributed by atoms with E-state index in [0.717, 1.165) is 17.0 Å². The third-order valence-electron chi connectivity index (χ3n) is 4.61. The normalized spacial score (nSPS) is 20.0. The molecule has 3 heteroatoms. The standard InChI is InChI=1S/C15H23ClN2/c1-3-15(8-4-5-9-15)14(18-17)12-7-6-11(2)13(16)10-12/h6-7,10,14,18H,3-5,8-9,17H2,1-2H3. The highest BCUT2D eigenvalue weighted by Crippen LogP contribution is 2.49. The Labute approximate surface area is 115 Å². The first-order valence-electron chi connectivity index (χ1n) is 6.85. The molecule has 0 spiro atoms. The molecule has 3 N–H and O–H groups in total. The molecule has 1 saturated carbocycles. The second-order valence-corrected chi connectivity index (χ2v) is 5.94. The summed E-state index contributed by atoms with van der Waals surface area (Å²) in [5.41, 5.74) is 5.68. The van der Waals surface area contributed by atoms with Gasteiger partial charge in [-0.1, -0.05) is 43.5 Å². The van der Waals surface area contributed by atoms with Crippen LogP contribution in [0.1, 0.15) is 56.2 Å². The fraction of sp³-hybridized carbons (Fsp3) is 0.600. The fourth-order valence-corrected chi connectivity index (χ4v) is 3.53. The van der Waals surface area contributed by atoms with E-state index >= 15 is 0 Å². The van der Waals surface area contributed by atoms with E-state index in [0.29, 0.717) is 5.41 Å². The van der Waals surface area contributed by atoms with E-state index in [9.17, 15) is 0 Å². The van der Waals surface area contributed by atoms with Crippen molar-refractivity contribution < 1.29 is 0 Å². The molecule has 0 saturated heterocycles. The number of hydrogen-bond acceptors (Lipinski definition) is 2. The Morgan fingerprint density at radius 3 is 2.56 bits per heavy atom. The molecular weight excluding hydrogens is 244 g/mol. The summed E-state index contributed by atoms with van der Waals surface area (Å²) in [6, 6.07) is 6.52. The minimum absolute atomic E-state index is 0.211. The summed E-state index contributed by atoms with van der Waals surface area (Å²) >= 11 is 6.24. The number of hydrogen-bond donors (Lipinski definition) is 2. The van der Waals surface area contributed by atoms with E-state index in [4.69, 9.17) is 17.4 Å². The topological polar surface area (TPSA) is 38.0 Å². The summed E-state index contributed by atoms with van der Waals surface area (Å²) in [6.45, 7) is 4.30. The first kappa shape index (κ1) is 13.9. The summed E-state index contributed by atoms with van der Waals surface area (Å²) in [4.78, 5) is 0. The maximum atomic E-state index is 6.24. The third-order valence-corrected chi connectivity index (χ3v) is 5.02. The Morgan fingerprint density at radius 1 is 1.39 bits per heavy atom. The van der Waals surface area contributed by atoms with Crippen molar-refractivity contribution in [3.63, 3.8) is 0 Å². The molecule has 1 aromatic rings. The average Bonchev–Trinajstić information content (AvgIpc) is 2.84. The highest BCUT2D eigenvalue weighted by molar-refractivity contribution is 6.31. The molecule has 18 heavy (non-hydrogen) atoms. The van der Waals surface area contributed by atoms with Gasteiger partial charge in [0.15, 0.2) is 0 Å². The van der Waals surface area contributed by atoms with Crippen molar-refractivity contribution >= 4 is 11.6 Å². The zero-order chi connectivity index (χ0) is 13.2. The Hall–Kier alpha value is -0.570. The van der Waals surface area contributed by atoms with Crippen LogP contribution in [0.2, 0.25) is 5.02 Å². The highest BCUT2D eigenvalue weighted by atomic mass is 35.5. The van der Waals surface area contributed by atoms with Crippen LogP contribution in [0, 0.1) is 12.3 Å². The van der Waals surface area contributed by atoms with Gasteiger partial charge in [-0.25, -0.2) is 0 Å². The lowest BCUT2D eigenvalue weighted by Crippen LogP contribution is -2.40. The lowest BCUT2D eigenvalue weighted by atomic mass is 9.73. The van der Waals surface area contributed by atoms with E-state index < -0.39 is 0 Å². The molecule has 0 aliphatic heterocycles. The van der Waals surface area contributed by atoms with Gasteiger partial charge in [-0.15, -0.1) is 0 Å². The molecule has 0 radical (unpaired) electrons. The Morgan fingerprint density at radius 2 is 2.06 bits per heavy atom. The largest absolute Gasteiger partial charge is 0.271 e. The fourth-order valence-electron chi connectivity index (χ4n) is 3.34. The molecule has 100 valence electrons. The highest BCUT2D eigenvalue weighted by Gasteiger charge is 2.40. The molecule has 1 aromatic carbocycles. The number of aryl methyl sites for hydroxylation is 1. The first-order valence-corrected chi connectivity index (χ1v) is 7.23. The van der Waals surface area contributed by atoms with Crippen molar-refractivity contribution in [2.45, 2.75) is 52.0 Å². The van der Waals surface area contributed by atoms with Crippen LogP contribution in [-0.4, -0.2) is 0 Å². The summed E-state index contributed by atoms with van der Waals surface area (Å²) in [5, 5.41) is 0.831. The summed E-state index contributed by atoms with van der Waals surface area (Å²) in [5.74, 6) is 5.84. The minimum atomic E-state index is 0.211. The molecule has 1 atom stereocenters. The van der Waals surface area contributed by atoms with Crippen molar-refractivity contribution in [3.05, 3.63) is 34.3 Å². The lowest BCUT2D eigenvalue weighted by molar-refractivity contribution is 0.188. The van der Waals surface area contributed by atoms with Crippen molar-refractivity contribution in [2.75, 3.05) is 0 Å². The van der Waals surface area contributed by atoms with E-state index in [-0.39, 0.29) is 6.04 Å². The van der Waals surface area contributed by atoms with Gasteiger partial charge in [0, 0.05) is 5.02 Å². The first-order chi connectivity index (χ1) is 8.63. The number of nitrogens with two attached hydrogens (primary N) is 1. The SMILES string of the molecule is CCC1(C(NN)c2ccc(C)c(Cl)c2)CCCC1. The van der Waals surface area contributed by atoms with Crippen LogP contribution < -0.4 is 11.3 Å². The predicted molar refractivity (Wildman–Crippen MR) is 77.4 cm³/mol. The van der Waals surface area contributed by atoms with Crippen LogP contribution in [0.25, 0.3) is 0 Å². The number of nitrogens with one attached hydrogen (secondary N) is 1. The second kappa shape index (κ2) is 5.60. The minimum Gasteiger partial charge on any atom is -0.271 e. The van der Waals surface area contributed by atoms with Crippen LogP contribution in [0.4, 0.5) is 0 Å². The molecule has 0 amide bonds. The summed E-state index contributed by atoms with van der Waals surface area (Å²) in [6.07, 6.45) is 6.29. The van der Waals surface area contributed by atoms with Crippen molar-refractivity contribution in [2.24, 2.45) is 11.3 Å². The van der Waals surface area contributed by atoms with Gasteiger partial charge in [-0.2, -0.15) is 0 Å². The van der Waals surface area contributed by atoms with Gasteiger partial charge in [-0.3, -0.25) is 11.3 Å². The predicted octanol–water partition coefficient (Wildman–Crippen LogP) is 4.12. The van der Waals surface area contributed by atoms with Crippen LogP contribution in [-0.2, 0) is 0 Å². The molecule has 1 aliphatic carbocycles. The molecule has 2 rings (SSSR count). The van der Waals surface area contributed by atoms with Crippen LogP contribution >= 0.6 is 11.6 Å². The summed E-state index contributed by atoms with van der Waals surface area (Å²) < 4.78 is 0. The molecule has 1 fully saturated rings. The van der Waals surface area contributed by atoms with Crippen LogP contribution in [0.5, 0.6) is 0 Å². The van der Waals surface area contributed by atoms with Gasteiger partial charge in [-0.05, 0) is 48.8 Å². The molecular formula is C15H23ClN2. The molecule has 1 aliphatic rings. The van der Waals surface area contributed by atoms with Crippen molar-refractivity contribution in [3.8, 4) is 0 Å². The van der Waals surface area contributed by atoms with E-state index in [1.165, 1.54) is 31.2 Å². The molecule has 0 bridgehead atoms. The van der Waals surface area contributed by atoms with E-state index in [1.807, 2.05) is 6.92 Å². The summed E-state index contributed by atoms with van der Waals surface area (Å²) in [7, 11) is 0. The van der Waals surface area contributed by atoms with Crippen LogP contribution in [0.3, 0.4) is 0 Å². The second-order valence-electron chi connectivity index (χ2n) is 5.53. The van der Waals surface area contributed by atoms with Crippen molar-refractivity contribution in [1.82, 2.24) is 5.43 Å². The average molecular weight is 267 g/mol. The number of hydrazine groups is 1. The lowest BCUT2D eigenvalue weighted by Gasteiger charge is -2.37. The quantitative estimate of drug-likeness (QED) is 0.635. The molecule has 2 nitrogen and oxygen atoms in total.